The molecule has 0 N–H and O–H groups in total. The van der Waals surface area contributed by atoms with Crippen molar-refractivity contribution in [1.29, 1.82) is 0 Å². The van der Waals surface area contributed by atoms with Crippen LogP contribution in [-0.4, -0.2) is 15.2 Å². The van der Waals surface area contributed by atoms with Crippen molar-refractivity contribution in [2.24, 2.45) is 0 Å². The Kier molecular flexibility index (Phi) is 5.63. The highest BCUT2D eigenvalue weighted by Gasteiger charge is 2.27. The first kappa shape index (κ1) is 11.8. The van der Waals surface area contributed by atoms with E-state index in [1.54, 1.807) is 0 Å². The number of hydrogen-bond donors (Lipinski definition) is 0. The molecule has 1 aliphatic rings. The van der Waals surface area contributed by atoms with Gasteiger partial charge in [0, 0.05) is 34.9 Å². The van der Waals surface area contributed by atoms with E-state index < -0.39 is 0 Å². The lowest BCUT2D eigenvalue weighted by molar-refractivity contribution is 0.377. The third-order valence-corrected chi connectivity index (χ3v) is 4.82. The maximum absolute atomic E-state index is 2.55. The molecule has 0 unspecified atom stereocenters. The average molecular weight is 295 g/mol. The van der Waals surface area contributed by atoms with Crippen LogP contribution in [0.5, 0.6) is 0 Å². The van der Waals surface area contributed by atoms with Crippen molar-refractivity contribution < 1.29 is 0 Å². The molecule has 1 heterocycles. The molecule has 0 amide bonds. The van der Waals surface area contributed by atoms with Crippen LogP contribution >= 0.6 is 22.9 Å². The molecular weight excluding hydrogens is 273 g/mol. The molecule has 0 bridgehead atoms. The van der Waals surface area contributed by atoms with Crippen molar-refractivity contribution in [3.63, 3.8) is 0 Å². The summed E-state index contributed by atoms with van der Waals surface area (Å²) in [6.07, 6.45) is 9.90. The number of nitrogens with zero attached hydrogens (tertiary/aromatic N) is 1. The molecule has 1 nitrogen and oxygen atoms in total. The Morgan fingerprint density at radius 2 is 2.00 bits per heavy atom. The SMILES string of the molecule is CCCCCC[C@H]1CC[C@@H](C)N1I. The predicted molar refractivity (Wildman–Crippen MR) is 67.1 cm³/mol. The van der Waals surface area contributed by atoms with Crippen LogP contribution in [-0.2, 0) is 0 Å². The molecule has 1 aliphatic heterocycles. The molecule has 1 saturated heterocycles. The van der Waals surface area contributed by atoms with Gasteiger partial charge < -0.3 is 0 Å². The van der Waals surface area contributed by atoms with E-state index in [9.17, 15) is 0 Å². The molecule has 0 saturated carbocycles. The van der Waals surface area contributed by atoms with Crippen LogP contribution in [0.25, 0.3) is 0 Å². The molecule has 13 heavy (non-hydrogen) atoms. The minimum absolute atomic E-state index is 0.816. The lowest BCUT2D eigenvalue weighted by Crippen LogP contribution is -2.24. The fraction of sp³-hybridized carbons (Fsp3) is 1.00. The molecule has 0 aliphatic carbocycles. The summed E-state index contributed by atoms with van der Waals surface area (Å²) in [5.41, 5.74) is 0. The number of unbranched alkanes of at least 4 members (excludes halogenated alkanes) is 3. The minimum Gasteiger partial charge on any atom is -0.242 e. The van der Waals surface area contributed by atoms with Crippen molar-refractivity contribution in [2.75, 3.05) is 0 Å². The third kappa shape index (κ3) is 3.74. The zero-order valence-corrected chi connectivity index (χ0v) is 11.1. The maximum atomic E-state index is 2.55. The Balaban J connectivity index is 2.08. The molecule has 0 aromatic heterocycles. The Bertz CT molecular complexity index is 138. The second-order valence-electron chi connectivity index (χ2n) is 4.27. The normalized spacial score (nSPS) is 29.8. The molecule has 1 fully saturated rings. The van der Waals surface area contributed by atoms with Crippen molar-refractivity contribution in [2.45, 2.75) is 70.9 Å². The van der Waals surface area contributed by atoms with Gasteiger partial charge in [0.15, 0.2) is 0 Å². The van der Waals surface area contributed by atoms with Gasteiger partial charge in [-0.15, -0.1) is 0 Å². The second-order valence-corrected chi connectivity index (χ2v) is 5.39. The molecule has 2 atom stereocenters. The van der Waals surface area contributed by atoms with Gasteiger partial charge in [0.2, 0.25) is 0 Å². The van der Waals surface area contributed by atoms with Crippen molar-refractivity contribution in [3.05, 3.63) is 0 Å². The Labute approximate surface area is 96.8 Å². The summed E-state index contributed by atoms with van der Waals surface area (Å²) in [5.74, 6) is 0. The van der Waals surface area contributed by atoms with E-state index in [-0.39, 0.29) is 0 Å². The van der Waals surface area contributed by atoms with Gasteiger partial charge in [0.1, 0.15) is 0 Å². The average Bonchev–Trinajstić information content (AvgIpc) is 2.43. The van der Waals surface area contributed by atoms with Gasteiger partial charge in [-0.25, -0.2) is 3.11 Å². The fourth-order valence-corrected chi connectivity index (χ4v) is 2.95. The molecule has 0 radical (unpaired) electrons. The second kappa shape index (κ2) is 6.23. The molecule has 2 heteroatoms. The number of halogens is 1. The quantitative estimate of drug-likeness (QED) is 0.418. The molecule has 0 aromatic rings. The van der Waals surface area contributed by atoms with E-state index in [1.807, 2.05) is 0 Å². The van der Waals surface area contributed by atoms with Gasteiger partial charge >= 0.3 is 0 Å². The van der Waals surface area contributed by atoms with E-state index in [2.05, 4.69) is 39.8 Å². The highest BCUT2D eigenvalue weighted by Crippen LogP contribution is 2.30. The Hall–Kier alpha value is 0.690. The van der Waals surface area contributed by atoms with Crippen LogP contribution < -0.4 is 0 Å². The maximum Gasteiger partial charge on any atom is 0.0207 e. The van der Waals surface area contributed by atoms with Crippen LogP contribution in [0, 0.1) is 0 Å². The molecular formula is C11H22IN. The smallest absolute Gasteiger partial charge is 0.0207 e. The highest BCUT2D eigenvalue weighted by atomic mass is 127. The predicted octanol–water partition coefficient (Wildman–Crippen LogP) is 4.16. The van der Waals surface area contributed by atoms with Gasteiger partial charge in [-0.2, -0.15) is 0 Å². The first-order chi connectivity index (χ1) is 6.25. The first-order valence-electron chi connectivity index (χ1n) is 5.69. The summed E-state index contributed by atoms with van der Waals surface area (Å²) in [6.45, 7) is 4.63. The first-order valence-corrected chi connectivity index (χ1v) is 6.66. The Morgan fingerprint density at radius 1 is 1.23 bits per heavy atom. The van der Waals surface area contributed by atoms with Crippen molar-refractivity contribution >= 4 is 22.9 Å². The standard InChI is InChI=1S/C11H22IN/c1-3-4-5-6-7-11-9-8-10(2)13(11)12/h10-11H,3-9H2,1-2H3/t10-,11+/m1/s1. The van der Waals surface area contributed by atoms with E-state index in [4.69, 9.17) is 0 Å². The van der Waals surface area contributed by atoms with E-state index >= 15 is 0 Å². The van der Waals surface area contributed by atoms with Crippen LogP contribution in [0.15, 0.2) is 0 Å². The summed E-state index contributed by atoms with van der Waals surface area (Å²) < 4.78 is 2.55. The summed E-state index contributed by atoms with van der Waals surface area (Å²) in [4.78, 5) is 0. The summed E-state index contributed by atoms with van der Waals surface area (Å²) in [6, 6.07) is 1.70. The van der Waals surface area contributed by atoms with E-state index in [0.29, 0.717) is 0 Å². The molecule has 0 spiro atoms. The van der Waals surface area contributed by atoms with Gasteiger partial charge in [0.05, 0.1) is 0 Å². The van der Waals surface area contributed by atoms with Gasteiger partial charge in [-0.05, 0) is 26.2 Å². The summed E-state index contributed by atoms with van der Waals surface area (Å²) in [5, 5.41) is 0. The minimum atomic E-state index is 0.816. The highest BCUT2D eigenvalue weighted by molar-refractivity contribution is 14.1. The lowest BCUT2D eigenvalue weighted by atomic mass is 10.1. The molecule has 78 valence electrons. The van der Waals surface area contributed by atoms with Crippen LogP contribution in [0.3, 0.4) is 0 Å². The van der Waals surface area contributed by atoms with E-state index in [0.717, 1.165) is 12.1 Å². The van der Waals surface area contributed by atoms with Crippen molar-refractivity contribution in [3.8, 4) is 0 Å². The Morgan fingerprint density at radius 3 is 2.54 bits per heavy atom. The number of rotatable bonds is 5. The van der Waals surface area contributed by atoms with E-state index in [1.165, 1.54) is 44.9 Å². The molecule has 1 rings (SSSR count). The van der Waals surface area contributed by atoms with Crippen LogP contribution in [0.4, 0.5) is 0 Å². The fourth-order valence-electron chi connectivity index (χ4n) is 2.11. The molecule has 0 aromatic carbocycles. The largest absolute Gasteiger partial charge is 0.242 e. The summed E-state index contributed by atoms with van der Waals surface area (Å²) in [7, 11) is 0. The van der Waals surface area contributed by atoms with Crippen LogP contribution in [0.1, 0.15) is 58.8 Å². The van der Waals surface area contributed by atoms with Gasteiger partial charge in [0.25, 0.3) is 0 Å². The zero-order chi connectivity index (χ0) is 9.68. The topological polar surface area (TPSA) is 3.24 Å². The van der Waals surface area contributed by atoms with Gasteiger partial charge in [-0.1, -0.05) is 32.6 Å². The van der Waals surface area contributed by atoms with Crippen molar-refractivity contribution in [1.82, 2.24) is 3.11 Å². The summed E-state index contributed by atoms with van der Waals surface area (Å²) >= 11 is 2.51. The zero-order valence-electron chi connectivity index (χ0n) is 8.93. The monoisotopic (exact) mass is 295 g/mol. The van der Waals surface area contributed by atoms with Gasteiger partial charge in [-0.3, -0.25) is 0 Å². The van der Waals surface area contributed by atoms with Crippen LogP contribution in [0.2, 0.25) is 0 Å². The number of hydrogen-bond acceptors (Lipinski definition) is 1. The lowest BCUT2D eigenvalue weighted by Gasteiger charge is -2.20. The third-order valence-electron chi connectivity index (χ3n) is 3.08.